The molecule has 0 saturated carbocycles. The van der Waals surface area contributed by atoms with E-state index in [0.29, 0.717) is 30.7 Å². The first-order valence-corrected chi connectivity index (χ1v) is 11.8. The van der Waals surface area contributed by atoms with Crippen molar-refractivity contribution in [2.45, 2.75) is 31.7 Å². The molecule has 1 fully saturated rings. The number of hydrogen-bond acceptors (Lipinski definition) is 10. The Bertz CT molecular complexity index is 1060. The Hall–Kier alpha value is -3.02. The molecule has 182 valence electrons. The van der Waals surface area contributed by atoms with Gasteiger partial charge in [0, 0.05) is 39.1 Å². The number of anilines is 3. The van der Waals surface area contributed by atoms with Crippen molar-refractivity contribution < 1.29 is 14.3 Å². The summed E-state index contributed by atoms with van der Waals surface area (Å²) in [6.07, 6.45) is 7.59. The summed E-state index contributed by atoms with van der Waals surface area (Å²) in [5.74, 6) is 1.15. The van der Waals surface area contributed by atoms with E-state index >= 15 is 0 Å². The third-order valence-corrected chi connectivity index (χ3v) is 6.15. The molecule has 0 bridgehead atoms. The van der Waals surface area contributed by atoms with Gasteiger partial charge in [-0.25, -0.2) is 4.98 Å². The summed E-state index contributed by atoms with van der Waals surface area (Å²) >= 11 is 6.31. The number of rotatable bonds is 8. The number of aliphatic hydroxyl groups is 1. The molecular weight excluding hydrogens is 460 g/mol. The maximum absolute atomic E-state index is 12.7. The highest BCUT2D eigenvalue weighted by molar-refractivity contribution is 6.22. The molecule has 2 atom stereocenters. The third kappa shape index (κ3) is 5.72. The molecule has 2 aliphatic rings. The molecule has 1 amide bonds. The Kier molecular flexibility index (Phi) is 7.76. The van der Waals surface area contributed by atoms with Crippen molar-refractivity contribution in [2.75, 3.05) is 49.5 Å². The van der Waals surface area contributed by atoms with Gasteiger partial charge in [-0.15, -0.1) is 11.6 Å². The number of hydrogen-bond donors (Lipinski definition) is 3. The molecule has 1 saturated heterocycles. The van der Waals surface area contributed by atoms with Crippen LogP contribution in [0, 0.1) is 0 Å². The zero-order chi connectivity index (χ0) is 24.1. The van der Waals surface area contributed by atoms with Crippen LogP contribution in [0.2, 0.25) is 0 Å². The highest BCUT2D eigenvalue weighted by Gasteiger charge is 2.25. The number of aromatic nitrogens is 4. The number of carbonyl (C=O) groups excluding carboxylic acids is 1. The summed E-state index contributed by atoms with van der Waals surface area (Å²) in [5.41, 5.74) is 0.954. The van der Waals surface area contributed by atoms with Crippen LogP contribution in [0.5, 0.6) is 0 Å². The van der Waals surface area contributed by atoms with E-state index in [0.717, 1.165) is 31.8 Å². The first-order valence-electron chi connectivity index (χ1n) is 11.3. The van der Waals surface area contributed by atoms with Crippen LogP contribution in [0.25, 0.3) is 0 Å². The zero-order valence-electron chi connectivity index (χ0n) is 19.2. The Morgan fingerprint density at radius 1 is 1.26 bits per heavy atom. The van der Waals surface area contributed by atoms with Crippen LogP contribution >= 0.6 is 11.6 Å². The van der Waals surface area contributed by atoms with Crippen molar-refractivity contribution >= 4 is 35.4 Å². The van der Waals surface area contributed by atoms with Gasteiger partial charge in [0.05, 0.1) is 24.2 Å². The minimum Gasteiger partial charge on any atom is -0.418 e. The number of carbonyl (C=O) groups is 1. The predicted octanol–water partition coefficient (Wildman–Crippen LogP) is 1.50. The number of alkyl halides is 1. The summed E-state index contributed by atoms with van der Waals surface area (Å²) in [4.78, 5) is 34.6. The first-order chi connectivity index (χ1) is 16.5. The maximum atomic E-state index is 12.7. The minimum absolute atomic E-state index is 0.0544. The lowest BCUT2D eigenvalue weighted by atomic mass is 10.00. The van der Waals surface area contributed by atoms with Gasteiger partial charge in [0.25, 0.3) is 5.91 Å². The van der Waals surface area contributed by atoms with Crippen molar-refractivity contribution in [2.24, 2.45) is 0 Å². The molecule has 4 rings (SSSR count). The smallest absolute Gasteiger partial charge is 0.302 e. The monoisotopic (exact) mass is 488 g/mol. The number of allylic oxidation sites excluding steroid dienone is 2. The van der Waals surface area contributed by atoms with E-state index in [1.807, 2.05) is 32.1 Å². The number of nitrogens with one attached hydrogen (secondary N) is 2. The predicted molar refractivity (Wildman–Crippen MR) is 129 cm³/mol. The topological polar surface area (TPSA) is 133 Å². The Labute approximate surface area is 202 Å². The number of piperazine rings is 1. The van der Waals surface area contributed by atoms with E-state index in [-0.39, 0.29) is 29.8 Å². The molecule has 11 nitrogen and oxygen atoms in total. The zero-order valence-corrected chi connectivity index (χ0v) is 20.0. The highest BCUT2D eigenvalue weighted by Crippen LogP contribution is 2.21. The summed E-state index contributed by atoms with van der Waals surface area (Å²) in [6.45, 7) is 7.84. The fraction of sp³-hybridized carbons (Fsp3) is 0.500. The van der Waals surface area contributed by atoms with Gasteiger partial charge < -0.3 is 19.7 Å². The number of amides is 1. The Morgan fingerprint density at radius 2 is 2.06 bits per heavy atom. The molecule has 0 spiro atoms. The lowest BCUT2D eigenvalue weighted by molar-refractivity contribution is 0.0916. The molecular formula is C22H29ClN8O3. The average Bonchev–Trinajstić information content (AvgIpc) is 3.30. The second-order valence-corrected chi connectivity index (χ2v) is 8.63. The Balaban J connectivity index is 1.43. The largest absolute Gasteiger partial charge is 0.418 e. The van der Waals surface area contributed by atoms with Gasteiger partial charge in [0.15, 0.2) is 0 Å². The molecule has 3 heterocycles. The molecule has 34 heavy (non-hydrogen) atoms. The van der Waals surface area contributed by atoms with Crippen LogP contribution in [0.1, 0.15) is 30.2 Å². The Morgan fingerprint density at radius 3 is 2.76 bits per heavy atom. The number of nitrogens with zero attached hydrogens (tertiary/aromatic N) is 6. The molecule has 0 radical (unpaired) electrons. The summed E-state index contributed by atoms with van der Waals surface area (Å²) in [7, 11) is 0. The first kappa shape index (κ1) is 24.1. The van der Waals surface area contributed by atoms with E-state index in [4.69, 9.17) is 21.1 Å². The number of halogens is 1. The summed E-state index contributed by atoms with van der Waals surface area (Å²) < 4.78 is 5.60. The van der Waals surface area contributed by atoms with E-state index < -0.39 is 5.91 Å². The van der Waals surface area contributed by atoms with Crippen LogP contribution in [-0.2, 0) is 6.42 Å². The molecule has 1 aliphatic carbocycles. The second-order valence-electron chi connectivity index (χ2n) is 8.13. The van der Waals surface area contributed by atoms with Crippen LogP contribution in [0.15, 0.2) is 34.4 Å². The molecule has 1 aliphatic heterocycles. The maximum Gasteiger partial charge on any atom is 0.302 e. The summed E-state index contributed by atoms with van der Waals surface area (Å²) in [5, 5.41) is 14.6. The van der Waals surface area contributed by atoms with E-state index in [2.05, 4.69) is 40.4 Å². The van der Waals surface area contributed by atoms with Crippen LogP contribution < -0.4 is 15.5 Å². The lowest BCUT2D eigenvalue weighted by Crippen LogP contribution is -2.47. The van der Waals surface area contributed by atoms with E-state index in [1.54, 1.807) is 0 Å². The SMILES string of the molecule is CCc1nc(Nc2ncc(C(=O)NC3C(C)=CC=CC3Cl)o2)nc(N2CCN(CCO)CC2)n1. The van der Waals surface area contributed by atoms with Gasteiger partial charge in [0.1, 0.15) is 5.82 Å². The van der Waals surface area contributed by atoms with Crippen LogP contribution in [-0.4, -0.2) is 86.6 Å². The van der Waals surface area contributed by atoms with Crippen molar-refractivity contribution in [3.05, 3.63) is 41.6 Å². The quantitative estimate of drug-likeness (QED) is 0.469. The fourth-order valence-corrected chi connectivity index (χ4v) is 4.14. The molecule has 2 unspecified atom stereocenters. The number of aryl methyl sites for hydroxylation is 1. The van der Waals surface area contributed by atoms with E-state index in [1.165, 1.54) is 6.20 Å². The summed E-state index contributed by atoms with van der Waals surface area (Å²) in [6, 6.07) is -0.216. The van der Waals surface area contributed by atoms with Crippen molar-refractivity contribution in [1.29, 1.82) is 0 Å². The molecule has 12 heteroatoms. The average molecular weight is 489 g/mol. The molecule has 2 aromatic heterocycles. The van der Waals surface area contributed by atoms with Crippen molar-refractivity contribution in [3.63, 3.8) is 0 Å². The van der Waals surface area contributed by atoms with Gasteiger partial charge in [0.2, 0.25) is 17.7 Å². The van der Waals surface area contributed by atoms with Crippen molar-refractivity contribution in [3.8, 4) is 0 Å². The highest BCUT2D eigenvalue weighted by atomic mass is 35.5. The fourth-order valence-electron chi connectivity index (χ4n) is 3.79. The third-order valence-electron chi connectivity index (χ3n) is 5.76. The second kappa shape index (κ2) is 10.9. The van der Waals surface area contributed by atoms with Crippen LogP contribution in [0.3, 0.4) is 0 Å². The number of oxazole rings is 1. The lowest BCUT2D eigenvalue weighted by Gasteiger charge is -2.34. The molecule has 0 aromatic carbocycles. The minimum atomic E-state index is -0.411. The molecule has 2 aromatic rings. The van der Waals surface area contributed by atoms with Gasteiger partial charge in [-0.3, -0.25) is 15.0 Å². The molecule has 3 N–H and O–H groups in total. The van der Waals surface area contributed by atoms with Gasteiger partial charge >= 0.3 is 6.01 Å². The number of aliphatic hydroxyl groups excluding tert-OH is 1. The standard InChI is InChI=1S/C22H29ClN8O3/c1-3-17-25-20(28-21(26-17)31-9-7-30(8-10-31)11-12-32)29-22-24-13-16(34-22)19(33)27-18-14(2)5-4-6-15(18)23/h4-6,13,15,18,32H,3,7-12H2,1-2H3,(H,27,33)(H,24,25,26,28,29). The van der Waals surface area contributed by atoms with Gasteiger partial charge in [-0.2, -0.15) is 15.0 Å². The van der Waals surface area contributed by atoms with Gasteiger partial charge in [-0.1, -0.05) is 25.2 Å². The normalized spacial score (nSPS) is 20.8. The number of β-amino-alcohol motifs (C(OH)–C–C–N with tert-alkyl or cyclic N) is 1. The van der Waals surface area contributed by atoms with Gasteiger partial charge in [-0.05, 0) is 12.5 Å². The van der Waals surface area contributed by atoms with E-state index in [9.17, 15) is 4.79 Å². The van der Waals surface area contributed by atoms with Crippen molar-refractivity contribution in [1.82, 2.24) is 30.2 Å². The van der Waals surface area contributed by atoms with Crippen LogP contribution in [0.4, 0.5) is 17.9 Å².